The fourth-order valence-electron chi connectivity index (χ4n) is 4.52. The molecule has 0 amide bonds. The summed E-state index contributed by atoms with van der Waals surface area (Å²) in [6.07, 6.45) is 0. The van der Waals surface area contributed by atoms with E-state index in [1.54, 1.807) is 0 Å². The van der Waals surface area contributed by atoms with Gasteiger partial charge in [-0.15, -0.1) is 0 Å². The van der Waals surface area contributed by atoms with Crippen LogP contribution in [0.4, 0.5) is 0 Å². The average molecular weight is 675 g/mol. The first-order valence-electron chi connectivity index (χ1n) is 11.3. The van der Waals surface area contributed by atoms with Gasteiger partial charge in [-0.2, -0.15) is 0 Å². The van der Waals surface area contributed by atoms with E-state index in [4.69, 9.17) is 17.7 Å². The summed E-state index contributed by atoms with van der Waals surface area (Å²) in [7, 11) is 0. The molecule has 0 spiro atoms. The van der Waals surface area contributed by atoms with Gasteiger partial charge in [-0.25, -0.2) is 0 Å². The van der Waals surface area contributed by atoms with Crippen molar-refractivity contribution < 1.29 is 17.7 Å². The van der Waals surface area contributed by atoms with Gasteiger partial charge in [0.2, 0.25) is 0 Å². The normalized spacial score (nSPS) is 20.2. The summed E-state index contributed by atoms with van der Waals surface area (Å²) < 4.78 is 35.6. The fourth-order valence-corrected chi connectivity index (χ4v) is 22.9. The van der Waals surface area contributed by atoms with E-state index >= 15 is 0 Å². The summed E-state index contributed by atoms with van der Waals surface area (Å²) in [6, 6.07) is 17.7. The topological polar surface area (TPSA) is 52.6 Å². The third-order valence-electron chi connectivity index (χ3n) is 7.35. The predicted octanol–water partition coefficient (Wildman–Crippen LogP) is 1.66. The predicted molar refractivity (Wildman–Crippen MR) is 142 cm³/mol. The summed E-state index contributed by atoms with van der Waals surface area (Å²) in [5.41, 5.74) is 0. The summed E-state index contributed by atoms with van der Waals surface area (Å²) in [4.78, 5) is 0. The molecule has 0 fully saturated rings. The fraction of sp³-hybridized carbons (Fsp3) is 0.333. The van der Waals surface area contributed by atoms with Gasteiger partial charge in [-0.05, 0) is 0 Å². The summed E-state index contributed by atoms with van der Waals surface area (Å²) in [6.45, 7) is 0. The van der Waals surface area contributed by atoms with Crippen LogP contribution in [-0.4, -0.2) is 53.1 Å². The second-order valence-corrected chi connectivity index (χ2v) is 46.7. The van der Waals surface area contributed by atoms with Gasteiger partial charge < -0.3 is 0 Å². The third kappa shape index (κ3) is 3.38. The van der Waals surface area contributed by atoms with Gasteiger partial charge in [0, 0.05) is 0 Å². The maximum atomic E-state index is 6.64. The molecule has 4 nitrogen and oxygen atoms in total. The SMILES string of the molecule is [CH3][Ge]1([CH3])[c]2cc[c](o2)[Ge]([CH3])([CH3])[c]2cc[c](o2)[Ge]([CH3])([CH3])[c]2cc[c](o2)[Ge]([CH3])([CH3])[c]2cc[c]1o2. The molecule has 32 heavy (non-hydrogen) atoms. The zero-order valence-corrected chi connectivity index (χ0v) is 28.6. The molecule has 0 saturated heterocycles. The van der Waals surface area contributed by atoms with Gasteiger partial charge in [0.1, 0.15) is 0 Å². The van der Waals surface area contributed by atoms with Crippen molar-refractivity contribution >= 4 is 89.8 Å². The molecule has 0 unspecified atom stereocenters. The minimum absolute atomic E-state index is 1.13. The van der Waals surface area contributed by atoms with Crippen molar-refractivity contribution in [3.05, 3.63) is 48.5 Å². The van der Waals surface area contributed by atoms with Crippen LogP contribution < -0.4 is 36.7 Å². The zero-order valence-electron chi connectivity index (χ0n) is 20.3. The Labute approximate surface area is 200 Å². The van der Waals surface area contributed by atoms with Crippen LogP contribution >= 0.6 is 0 Å². The Hall–Kier alpha value is -0.709. The molecule has 1 aliphatic rings. The van der Waals surface area contributed by atoms with E-state index in [1.807, 2.05) is 0 Å². The van der Waals surface area contributed by atoms with Crippen molar-refractivity contribution in [2.75, 3.05) is 0 Å². The molecule has 4 aromatic rings. The maximum absolute atomic E-state index is 6.64. The molecule has 0 aromatic carbocycles. The molecule has 0 N–H and O–H groups in total. The molecule has 5 rings (SSSR count). The zero-order chi connectivity index (χ0) is 23.1. The van der Waals surface area contributed by atoms with Gasteiger partial charge in [0.25, 0.3) is 0 Å². The van der Waals surface area contributed by atoms with Crippen molar-refractivity contribution in [3.8, 4) is 0 Å². The minimum atomic E-state index is -2.70. The van der Waals surface area contributed by atoms with Gasteiger partial charge in [0.05, 0.1) is 0 Å². The van der Waals surface area contributed by atoms with Crippen LogP contribution in [0.15, 0.2) is 66.2 Å². The van der Waals surface area contributed by atoms with E-state index in [0.717, 1.165) is 36.7 Å². The molecular formula is C24H32Ge4O4. The number of rotatable bonds is 0. The molecule has 0 aliphatic carbocycles. The average Bonchev–Trinajstić information content (AvgIpc) is 3.53. The van der Waals surface area contributed by atoms with Crippen molar-refractivity contribution in [2.24, 2.45) is 0 Å². The molecule has 8 bridgehead atoms. The molecule has 0 radical (unpaired) electrons. The molecular weight excluding hydrogens is 643 g/mol. The molecule has 1 aliphatic heterocycles. The van der Waals surface area contributed by atoms with Crippen LogP contribution in [0.25, 0.3) is 0 Å². The summed E-state index contributed by atoms with van der Waals surface area (Å²) in [5.74, 6) is 18.9. The van der Waals surface area contributed by atoms with Crippen molar-refractivity contribution in [1.29, 1.82) is 0 Å². The molecule has 168 valence electrons. The molecule has 0 saturated carbocycles. The van der Waals surface area contributed by atoms with E-state index in [0.29, 0.717) is 0 Å². The number of fused-ring (bicyclic) bond motifs is 8. The van der Waals surface area contributed by atoms with E-state index in [2.05, 4.69) is 94.6 Å². The van der Waals surface area contributed by atoms with Crippen LogP contribution in [0, 0.1) is 0 Å². The Morgan fingerprint density at radius 3 is 0.562 bits per heavy atom. The first-order chi connectivity index (χ1) is 14.8. The van der Waals surface area contributed by atoms with Crippen LogP contribution in [0.1, 0.15) is 0 Å². The van der Waals surface area contributed by atoms with Crippen LogP contribution in [0.3, 0.4) is 0 Å². The Morgan fingerprint density at radius 1 is 0.312 bits per heavy atom. The second kappa shape index (κ2) is 7.39. The molecule has 0 atom stereocenters. The number of hydrogen-bond acceptors (Lipinski definition) is 4. The van der Waals surface area contributed by atoms with E-state index in [9.17, 15) is 0 Å². The summed E-state index contributed by atoms with van der Waals surface area (Å²) in [5, 5.41) is 0. The Morgan fingerprint density at radius 2 is 0.438 bits per heavy atom. The van der Waals surface area contributed by atoms with Crippen LogP contribution in [0.5, 0.6) is 0 Å². The van der Waals surface area contributed by atoms with Crippen molar-refractivity contribution in [2.45, 2.75) is 46.0 Å². The van der Waals surface area contributed by atoms with Crippen molar-refractivity contribution in [1.82, 2.24) is 0 Å². The van der Waals surface area contributed by atoms with Crippen LogP contribution in [0.2, 0.25) is 46.0 Å². The summed E-state index contributed by atoms with van der Waals surface area (Å²) >= 11 is -10.8. The number of hydrogen-bond donors (Lipinski definition) is 0. The second-order valence-electron chi connectivity index (χ2n) is 11.2. The van der Waals surface area contributed by atoms with Gasteiger partial charge in [-0.1, -0.05) is 0 Å². The Bertz CT molecular complexity index is 1020. The Kier molecular flexibility index (Phi) is 5.33. The Balaban J connectivity index is 1.76. The molecule has 5 heterocycles. The first kappa shape index (κ1) is 23.1. The van der Waals surface area contributed by atoms with Gasteiger partial charge >= 0.3 is 202 Å². The van der Waals surface area contributed by atoms with Crippen LogP contribution in [-0.2, 0) is 0 Å². The van der Waals surface area contributed by atoms with Crippen molar-refractivity contribution in [3.63, 3.8) is 0 Å². The van der Waals surface area contributed by atoms with E-state index < -0.39 is 53.1 Å². The molecule has 4 aromatic heterocycles. The van der Waals surface area contributed by atoms with Gasteiger partial charge in [0.15, 0.2) is 0 Å². The quantitative estimate of drug-likeness (QED) is 0.267. The molecule has 8 heteroatoms. The third-order valence-corrected chi connectivity index (χ3v) is 32.5. The van der Waals surface area contributed by atoms with E-state index in [1.165, 1.54) is 0 Å². The first-order valence-corrected chi connectivity index (χ1v) is 36.5. The van der Waals surface area contributed by atoms with E-state index in [-0.39, 0.29) is 0 Å². The standard InChI is InChI=1S/C24H32Ge4O4/c1-25(2)17-9-11-19(29-17)26(3,4)21-13-15-23(31-21)28(7,8)24-16-14-22(32-24)27(5,6)20-12-10-18(25)30-20/h9-16H,1-8H3. The number of furan rings is 4. The van der Waals surface area contributed by atoms with Gasteiger partial charge in [-0.3, -0.25) is 0 Å². The monoisotopic (exact) mass is 680 g/mol.